The minimum absolute atomic E-state index is 0.154. The molecule has 0 radical (unpaired) electrons. The number of carbonyl (C=O) groups is 1. The number of anilines is 3. The van der Waals surface area contributed by atoms with E-state index in [4.69, 9.17) is 20.2 Å². The zero-order valence-electron chi connectivity index (χ0n) is 26.2. The summed E-state index contributed by atoms with van der Waals surface area (Å²) in [6.45, 7) is 5.76. The fraction of sp³-hybridized carbons (Fsp3) is 0.382. The summed E-state index contributed by atoms with van der Waals surface area (Å²) in [6.07, 6.45) is 3.52. The number of ether oxygens (including phenoxy) is 2. The van der Waals surface area contributed by atoms with E-state index in [1.54, 1.807) is 29.3 Å². The van der Waals surface area contributed by atoms with Gasteiger partial charge in [-0.3, -0.25) is 4.90 Å². The molecule has 47 heavy (non-hydrogen) atoms. The van der Waals surface area contributed by atoms with Gasteiger partial charge in [0.05, 0.1) is 11.4 Å². The van der Waals surface area contributed by atoms with Crippen molar-refractivity contribution < 1.29 is 19.4 Å². The Bertz CT molecular complexity index is 1670. The SMILES string of the molecule is Nc1nnc(-c2ccccc2O)cc1N1CC2CCC(C1)N2c1nccc(OCCN2CCN(C(=O)OCc3ccccc3)CC2)n1. The third-order valence-corrected chi connectivity index (χ3v) is 9.15. The van der Waals surface area contributed by atoms with E-state index in [0.29, 0.717) is 48.6 Å². The number of hydrogen-bond donors (Lipinski definition) is 2. The van der Waals surface area contributed by atoms with Crippen LogP contribution in [0.3, 0.4) is 0 Å². The summed E-state index contributed by atoms with van der Waals surface area (Å²) in [6, 6.07) is 20.9. The normalized spacial score (nSPS) is 19.5. The number of benzene rings is 2. The first-order valence-corrected chi connectivity index (χ1v) is 16.1. The van der Waals surface area contributed by atoms with Crippen molar-refractivity contribution in [2.45, 2.75) is 31.5 Å². The van der Waals surface area contributed by atoms with Gasteiger partial charge in [-0.15, -0.1) is 10.2 Å². The highest BCUT2D eigenvalue weighted by Gasteiger charge is 2.42. The van der Waals surface area contributed by atoms with Gasteiger partial charge in [0.15, 0.2) is 5.82 Å². The molecule has 13 heteroatoms. The van der Waals surface area contributed by atoms with Crippen LogP contribution in [0.15, 0.2) is 72.9 Å². The van der Waals surface area contributed by atoms with Gasteiger partial charge in [-0.05, 0) is 36.6 Å². The first-order valence-electron chi connectivity index (χ1n) is 16.1. The highest BCUT2D eigenvalue weighted by atomic mass is 16.6. The molecule has 2 atom stereocenters. The molecule has 2 bridgehead atoms. The number of nitrogens with zero attached hydrogens (tertiary/aromatic N) is 8. The van der Waals surface area contributed by atoms with Crippen molar-refractivity contribution >= 4 is 23.5 Å². The molecule has 7 rings (SSSR count). The van der Waals surface area contributed by atoms with Gasteiger partial charge >= 0.3 is 6.09 Å². The minimum atomic E-state index is -0.272. The summed E-state index contributed by atoms with van der Waals surface area (Å²) in [4.78, 5) is 30.5. The number of phenolic OH excluding ortho intramolecular Hbond substituents is 1. The van der Waals surface area contributed by atoms with E-state index >= 15 is 0 Å². The van der Waals surface area contributed by atoms with Gasteiger partial charge < -0.3 is 35.0 Å². The van der Waals surface area contributed by atoms with Gasteiger partial charge in [-0.2, -0.15) is 4.98 Å². The second-order valence-electron chi connectivity index (χ2n) is 12.1. The quantitative estimate of drug-likeness (QED) is 0.277. The number of hydrogen-bond acceptors (Lipinski definition) is 12. The third-order valence-electron chi connectivity index (χ3n) is 9.15. The van der Waals surface area contributed by atoms with E-state index in [1.165, 1.54) is 0 Å². The fourth-order valence-electron chi connectivity index (χ4n) is 6.67. The molecular formula is C34H39N9O4. The summed E-state index contributed by atoms with van der Waals surface area (Å²) in [5, 5.41) is 18.8. The van der Waals surface area contributed by atoms with Crippen LogP contribution >= 0.6 is 0 Å². The molecule has 244 valence electrons. The molecule has 3 aliphatic heterocycles. The van der Waals surface area contributed by atoms with Crippen LogP contribution in [0.2, 0.25) is 0 Å². The van der Waals surface area contributed by atoms with Crippen LogP contribution < -0.4 is 20.3 Å². The maximum absolute atomic E-state index is 12.5. The highest BCUT2D eigenvalue weighted by Crippen LogP contribution is 2.38. The highest BCUT2D eigenvalue weighted by molar-refractivity contribution is 5.74. The number of nitrogens with two attached hydrogens (primary N) is 1. The van der Waals surface area contributed by atoms with Crippen LogP contribution in [-0.4, -0.2) is 106 Å². The molecule has 4 aromatic rings. The summed E-state index contributed by atoms with van der Waals surface area (Å²) < 4.78 is 11.6. The molecule has 3 N–H and O–H groups in total. The molecule has 13 nitrogen and oxygen atoms in total. The lowest BCUT2D eigenvalue weighted by Crippen LogP contribution is -2.54. The van der Waals surface area contributed by atoms with Crippen molar-refractivity contribution in [3.8, 4) is 22.9 Å². The van der Waals surface area contributed by atoms with E-state index in [0.717, 1.165) is 56.8 Å². The molecule has 2 unspecified atom stereocenters. The summed E-state index contributed by atoms with van der Waals surface area (Å²) in [5.74, 6) is 1.75. The lowest BCUT2D eigenvalue weighted by Gasteiger charge is -2.42. The molecule has 2 aromatic heterocycles. The maximum atomic E-state index is 12.5. The summed E-state index contributed by atoms with van der Waals surface area (Å²) in [7, 11) is 0. The molecule has 0 saturated carbocycles. The van der Waals surface area contributed by atoms with E-state index in [2.05, 4.69) is 29.9 Å². The monoisotopic (exact) mass is 637 g/mol. The predicted molar refractivity (Wildman–Crippen MR) is 177 cm³/mol. The smallest absolute Gasteiger partial charge is 0.410 e. The third kappa shape index (κ3) is 6.85. The Morgan fingerprint density at radius 1 is 0.936 bits per heavy atom. The number of fused-ring (bicyclic) bond motifs is 2. The number of carbonyl (C=O) groups excluding carboxylic acids is 1. The molecule has 0 aliphatic carbocycles. The summed E-state index contributed by atoms with van der Waals surface area (Å²) >= 11 is 0. The molecule has 3 saturated heterocycles. The van der Waals surface area contributed by atoms with Crippen LogP contribution in [0.25, 0.3) is 11.3 Å². The number of aromatic nitrogens is 4. The van der Waals surface area contributed by atoms with Gasteiger partial charge in [-0.25, -0.2) is 9.78 Å². The minimum Gasteiger partial charge on any atom is -0.507 e. The van der Waals surface area contributed by atoms with E-state index < -0.39 is 0 Å². The number of amides is 1. The van der Waals surface area contributed by atoms with Crippen LogP contribution in [0, 0.1) is 0 Å². The zero-order chi connectivity index (χ0) is 32.2. The number of para-hydroxylation sites is 1. The molecule has 3 aliphatic rings. The first kappa shape index (κ1) is 30.5. The lowest BCUT2D eigenvalue weighted by molar-refractivity contribution is 0.0682. The number of piperazine rings is 2. The average Bonchev–Trinajstić information content (AvgIpc) is 3.37. The van der Waals surface area contributed by atoms with E-state index in [1.807, 2.05) is 48.5 Å². The van der Waals surface area contributed by atoms with Crippen molar-refractivity contribution in [1.82, 2.24) is 30.0 Å². The Labute approximate surface area is 273 Å². The number of nitrogen functional groups attached to an aromatic ring is 1. The van der Waals surface area contributed by atoms with Gasteiger partial charge in [-0.1, -0.05) is 42.5 Å². The van der Waals surface area contributed by atoms with Crippen LogP contribution in [0.4, 0.5) is 22.2 Å². The standard InChI is InChI=1S/C34H39N9O4/c35-32-29(20-28(38-39-32)27-8-4-5-9-30(27)44)42-21-25-10-11-26(22-42)43(25)33-36-13-12-31(37-33)46-19-18-40-14-16-41(17-15-40)34(45)47-23-24-6-2-1-3-7-24/h1-9,12-13,20,25-26,44H,10-11,14-19,21-23H2,(H2,35,39). The Morgan fingerprint density at radius 2 is 1.68 bits per heavy atom. The van der Waals surface area contributed by atoms with Crippen LogP contribution in [0.1, 0.15) is 18.4 Å². The lowest BCUT2D eigenvalue weighted by atomic mass is 10.1. The topological polar surface area (TPSA) is 146 Å². The average molecular weight is 638 g/mol. The van der Waals surface area contributed by atoms with E-state index in [9.17, 15) is 9.90 Å². The second-order valence-corrected chi connectivity index (χ2v) is 12.1. The molecular weight excluding hydrogens is 598 g/mol. The molecule has 1 amide bonds. The Morgan fingerprint density at radius 3 is 2.45 bits per heavy atom. The predicted octanol–water partition coefficient (Wildman–Crippen LogP) is 3.41. The van der Waals surface area contributed by atoms with Crippen LogP contribution in [0.5, 0.6) is 11.6 Å². The zero-order valence-corrected chi connectivity index (χ0v) is 26.2. The largest absolute Gasteiger partial charge is 0.507 e. The molecule has 0 spiro atoms. The molecule has 5 heterocycles. The van der Waals surface area contributed by atoms with Crippen molar-refractivity contribution in [1.29, 1.82) is 0 Å². The number of rotatable bonds is 9. The molecule has 2 aromatic carbocycles. The van der Waals surface area contributed by atoms with Gasteiger partial charge in [0, 0.05) is 75.7 Å². The van der Waals surface area contributed by atoms with Gasteiger partial charge in [0.1, 0.15) is 19.0 Å². The van der Waals surface area contributed by atoms with Crippen molar-refractivity contribution in [3.05, 3.63) is 78.5 Å². The van der Waals surface area contributed by atoms with Crippen LogP contribution in [-0.2, 0) is 11.3 Å². The Hall–Kier alpha value is -5.17. The number of phenols is 1. The molecule has 3 fully saturated rings. The Balaban J connectivity index is 0.908. The van der Waals surface area contributed by atoms with Crippen molar-refractivity contribution in [2.24, 2.45) is 0 Å². The summed E-state index contributed by atoms with van der Waals surface area (Å²) in [5.41, 5.74) is 9.31. The maximum Gasteiger partial charge on any atom is 0.410 e. The van der Waals surface area contributed by atoms with Crippen molar-refractivity contribution in [2.75, 3.05) is 68.0 Å². The Kier molecular flexibility index (Phi) is 8.87. The van der Waals surface area contributed by atoms with Gasteiger partial charge in [0.2, 0.25) is 11.8 Å². The number of aromatic hydroxyl groups is 1. The van der Waals surface area contributed by atoms with Gasteiger partial charge in [0.25, 0.3) is 0 Å². The van der Waals surface area contributed by atoms with Crippen molar-refractivity contribution in [3.63, 3.8) is 0 Å². The fourth-order valence-corrected chi connectivity index (χ4v) is 6.67. The first-order chi connectivity index (χ1) is 23.0. The second kappa shape index (κ2) is 13.7. The van der Waals surface area contributed by atoms with E-state index in [-0.39, 0.29) is 30.5 Å².